The average Bonchev–Trinajstić information content (AvgIpc) is 3.16. The topological polar surface area (TPSA) is 253 Å². The number of carboxylic acid groups (broad SMARTS) is 1. The number of nitrogens with two attached hydrogens (primary N) is 3. The number of phenols is 1. The zero-order valence-electron chi connectivity index (χ0n) is 32.8. The summed E-state index contributed by atoms with van der Waals surface area (Å²) in [6.07, 6.45) is 2.88. The molecule has 3 aromatic carbocycles. The Morgan fingerprint density at radius 3 is 2.11 bits per heavy atom. The van der Waals surface area contributed by atoms with E-state index in [0.29, 0.717) is 58.0 Å². The highest BCUT2D eigenvalue weighted by Crippen LogP contribution is 2.42. The van der Waals surface area contributed by atoms with Crippen molar-refractivity contribution in [3.63, 3.8) is 0 Å². The molecule has 14 heteroatoms. The molecule has 0 unspecified atom stereocenters. The largest absolute Gasteiger partial charge is 0.508 e. The average molecular weight is 768 g/mol. The van der Waals surface area contributed by atoms with Crippen LogP contribution in [0.3, 0.4) is 0 Å². The molecule has 10 N–H and O–H groups in total. The van der Waals surface area contributed by atoms with Crippen LogP contribution in [0.25, 0.3) is 33.4 Å². The van der Waals surface area contributed by atoms with Crippen LogP contribution in [-0.4, -0.2) is 59.2 Å². The lowest BCUT2D eigenvalue weighted by atomic mass is 9.90. The van der Waals surface area contributed by atoms with Gasteiger partial charge in [0.25, 0.3) is 5.91 Å². The second kappa shape index (κ2) is 23.3. The zero-order valence-corrected chi connectivity index (χ0v) is 32.8. The molecule has 0 bridgehead atoms. The predicted molar refractivity (Wildman–Crippen MR) is 224 cm³/mol. The highest BCUT2D eigenvalue weighted by Gasteiger charge is 2.23. The molecule has 1 amide bonds. The van der Waals surface area contributed by atoms with E-state index in [0.717, 1.165) is 6.54 Å². The van der Waals surface area contributed by atoms with Crippen LogP contribution in [0.15, 0.2) is 98.3 Å². The number of ether oxygens (including phenoxy) is 1. The molecule has 0 radical (unpaired) electrons. The summed E-state index contributed by atoms with van der Waals surface area (Å²) < 4.78 is 11.6. The van der Waals surface area contributed by atoms with Crippen molar-refractivity contribution < 1.29 is 29.0 Å². The second-order valence-electron chi connectivity index (χ2n) is 12.2. The Morgan fingerprint density at radius 1 is 0.875 bits per heavy atom. The number of benzene rings is 4. The van der Waals surface area contributed by atoms with Crippen LogP contribution in [0.4, 0.5) is 0 Å². The first-order valence-corrected chi connectivity index (χ1v) is 18.2. The number of unbranched alkanes of at least 4 members (excludes halogenated alkanes) is 1. The van der Waals surface area contributed by atoms with E-state index in [-0.39, 0.29) is 46.0 Å². The molecule has 3 aromatic rings. The number of amides is 1. The van der Waals surface area contributed by atoms with Gasteiger partial charge in [0.1, 0.15) is 28.7 Å². The van der Waals surface area contributed by atoms with Crippen LogP contribution in [0.2, 0.25) is 0 Å². The molecule has 298 valence electrons. The monoisotopic (exact) mass is 767 g/mol. The van der Waals surface area contributed by atoms with Crippen molar-refractivity contribution >= 4 is 40.2 Å². The third-order valence-electron chi connectivity index (χ3n) is 7.36. The fraction of sp³-hybridized carbons (Fsp3) is 0.286. The smallest absolute Gasteiger partial charge is 0.336 e. The van der Waals surface area contributed by atoms with E-state index in [1.54, 1.807) is 63.2 Å². The lowest BCUT2D eigenvalue weighted by molar-refractivity contribution is 0.0697. The molecule has 1 aliphatic heterocycles. The zero-order chi connectivity index (χ0) is 41.8. The van der Waals surface area contributed by atoms with E-state index in [9.17, 15) is 24.6 Å². The number of nitrogens with zero attached hydrogens (tertiary/aromatic N) is 2. The number of fused-ring (bicyclic) bond motifs is 2. The van der Waals surface area contributed by atoms with Crippen molar-refractivity contribution in [2.24, 2.45) is 27.4 Å². The molecule has 0 atom stereocenters. The number of carbonyl (C=O) groups excluding carboxylic acids is 1. The molecule has 0 spiro atoms. The Morgan fingerprint density at radius 2 is 1.52 bits per heavy atom. The van der Waals surface area contributed by atoms with Crippen molar-refractivity contribution in [1.29, 1.82) is 5.41 Å². The van der Waals surface area contributed by atoms with Crippen molar-refractivity contribution in [3.05, 3.63) is 106 Å². The first-order chi connectivity index (χ1) is 26.7. The molecule has 1 aliphatic carbocycles. The Bertz CT molecular complexity index is 2150. The third-order valence-corrected chi connectivity index (χ3v) is 7.36. The molecule has 0 fully saturated rings. The maximum atomic E-state index is 12.9. The van der Waals surface area contributed by atoms with Gasteiger partial charge in [-0.2, -0.15) is 0 Å². The standard InChI is InChI=1S/C33H29N5O7.C4H11N.C3H7N.C2H6/c1-18(34)37-38-31(35)19-3-8-23(9-4-19)44-14-2-13-36-32(41)20-5-10-24(27(15-20)33(42)43)30-25-11-6-21(39)16-28(25)45-29-17-22(40)7-12-26(29)30;1-2-3-4-5;1-3(2)4;1-2/h3-12,15-17,39H,2,13-14H2,1H3,(H2,34,37)(H2,35,38)(H,36,41)(H,42,43);2-5H2,1H3;4H,1-2H3;1-2H3. The van der Waals surface area contributed by atoms with E-state index in [1.165, 1.54) is 49.2 Å². The number of phenolic OH excluding ortho intramolecular Hbond substituents is 1. The summed E-state index contributed by atoms with van der Waals surface area (Å²) in [5.74, 6) is -0.395. The van der Waals surface area contributed by atoms with Gasteiger partial charge in [-0.15, -0.1) is 10.2 Å². The molecule has 1 heterocycles. The lowest BCUT2D eigenvalue weighted by Gasteiger charge is -2.17. The van der Waals surface area contributed by atoms with Crippen LogP contribution in [-0.2, 0) is 0 Å². The highest BCUT2D eigenvalue weighted by atomic mass is 16.5. The van der Waals surface area contributed by atoms with Crippen LogP contribution in [0.5, 0.6) is 11.5 Å². The van der Waals surface area contributed by atoms with Gasteiger partial charge in [0.2, 0.25) is 0 Å². The van der Waals surface area contributed by atoms with E-state index >= 15 is 0 Å². The van der Waals surface area contributed by atoms with Gasteiger partial charge >= 0.3 is 5.97 Å². The van der Waals surface area contributed by atoms with Crippen LogP contribution >= 0.6 is 0 Å². The van der Waals surface area contributed by atoms with Crippen LogP contribution in [0, 0.1) is 5.41 Å². The summed E-state index contributed by atoms with van der Waals surface area (Å²) in [7, 11) is 0. The number of aromatic hydroxyl groups is 1. The van der Waals surface area contributed by atoms with Gasteiger partial charge in [0.15, 0.2) is 11.3 Å². The number of hydrogen-bond acceptors (Lipinski definition) is 10. The molecule has 14 nitrogen and oxygen atoms in total. The molecule has 0 saturated heterocycles. The molecule has 0 aromatic heterocycles. The summed E-state index contributed by atoms with van der Waals surface area (Å²) >= 11 is 0. The number of aromatic carboxylic acids is 1. The maximum Gasteiger partial charge on any atom is 0.336 e. The summed E-state index contributed by atoms with van der Waals surface area (Å²) in [6.45, 7) is 12.7. The maximum absolute atomic E-state index is 12.9. The van der Waals surface area contributed by atoms with Gasteiger partial charge in [-0.05, 0) is 106 Å². The number of amidine groups is 2. The molecule has 0 saturated carbocycles. The molecular formula is C42H53N7O7. The van der Waals surface area contributed by atoms with Gasteiger partial charge < -0.3 is 47.3 Å². The highest BCUT2D eigenvalue weighted by molar-refractivity contribution is 6.09. The Labute approximate surface area is 326 Å². The van der Waals surface area contributed by atoms with Crippen molar-refractivity contribution in [2.75, 3.05) is 19.7 Å². The number of hydrogen-bond donors (Lipinski definition) is 7. The molecule has 5 rings (SSSR count). The van der Waals surface area contributed by atoms with Crippen molar-refractivity contribution in [2.45, 2.75) is 60.8 Å². The first kappa shape index (κ1) is 45.6. The molecule has 56 heavy (non-hydrogen) atoms. The summed E-state index contributed by atoms with van der Waals surface area (Å²) in [5.41, 5.74) is 19.2. The lowest BCUT2D eigenvalue weighted by Crippen LogP contribution is -2.26. The van der Waals surface area contributed by atoms with Gasteiger partial charge in [0.05, 0.1) is 12.2 Å². The van der Waals surface area contributed by atoms with E-state index in [4.69, 9.17) is 31.8 Å². The summed E-state index contributed by atoms with van der Waals surface area (Å²) in [4.78, 5) is 37.4. The molecular weight excluding hydrogens is 715 g/mol. The van der Waals surface area contributed by atoms with E-state index < -0.39 is 11.9 Å². The van der Waals surface area contributed by atoms with Gasteiger partial charge in [-0.25, -0.2) is 4.79 Å². The first-order valence-electron chi connectivity index (χ1n) is 18.2. The predicted octanol–water partition coefficient (Wildman–Crippen LogP) is 6.98. The normalized spacial score (nSPS) is 10.9. The van der Waals surface area contributed by atoms with E-state index in [1.807, 2.05) is 13.8 Å². The number of nitrogens with one attached hydrogen (secondary N) is 2. The van der Waals surface area contributed by atoms with Gasteiger partial charge in [0, 0.05) is 52.0 Å². The van der Waals surface area contributed by atoms with E-state index in [2.05, 4.69) is 22.4 Å². The minimum atomic E-state index is -1.24. The minimum Gasteiger partial charge on any atom is -0.508 e. The number of carbonyl (C=O) groups is 2. The number of rotatable bonds is 12. The van der Waals surface area contributed by atoms with Crippen LogP contribution < -0.4 is 32.7 Å². The minimum absolute atomic E-state index is 0.0523. The van der Waals surface area contributed by atoms with Crippen LogP contribution in [0.1, 0.15) is 87.1 Å². The summed E-state index contributed by atoms with van der Waals surface area (Å²) in [6, 6.07) is 20.0. The summed E-state index contributed by atoms with van der Waals surface area (Å²) in [5, 5.41) is 37.5. The SMILES string of the molecule is C/C(N)=N/N=C(\N)c1ccc(OCCCNC(=O)c2ccc(-c3c4ccc(=O)cc-4oc4cc(O)ccc34)c(C(=O)O)c2)cc1.CC.CC(C)=N.CCCCN. The molecule has 2 aliphatic rings. The quantitative estimate of drug-likeness (QED) is 0.0225. The Kier molecular flexibility index (Phi) is 19.0. The third kappa shape index (κ3) is 14.0. The fourth-order valence-electron chi connectivity index (χ4n) is 4.91. The number of carboxylic acids is 1. The Hall–Kier alpha value is -6.54. The van der Waals surface area contributed by atoms with Crippen molar-refractivity contribution in [3.8, 4) is 33.9 Å². The fourth-order valence-corrected chi connectivity index (χ4v) is 4.91. The van der Waals surface area contributed by atoms with Crippen molar-refractivity contribution in [1.82, 2.24) is 5.32 Å². The van der Waals surface area contributed by atoms with Gasteiger partial charge in [-0.1, -0.05) is 33.3 Å². The van der Waals surface area contributed by atoms with Gasteiger partial charge in [-0.3, -0.25) is 9.59 Å². The Balaban J connectivity index is 0.000000876. The second-order valence-corrected chi connectivity index (χ2v) is 12.2.